The Hall–Kier alpha value is -0.500. The second kappa shape index (κ2) is 4.31. The van der Waals surface area contributed by atoms with Crippen LogP contribution in [-0.4, -0.2) is 9.93 Å². The van der Waals surface area contributed by atoms with Crippen molar-refractivity contribution in [2.75, 3.05) is 0 Å². The Morgan fingerprint density at radius 1 is 1.35 bits per heavy atom. The van der Waals surface area contributed by atoms with Gasteiger partial charge in [-0.2, -0.15) is 0 Å². The first kappa shape index (κ1) is 12.9. The summed E-state index contributed by atoms with van der Waals surface area (Å²) in [6, 6.07) is 6.07. The van der Waals surface area contributed by atoms with Crippen molar-refractivity contribution in [1.82, 2.24) is 0 Å². The fourth-order valence-corrected chi connectivity index (χ4v) is 4.19. The van der Waals surface area contributed by atoms with Crippen LogP contribution >= 0.6 is 15.9 Å². The molecule has 0 saturated heterocycles. The number of benzene rings is 1. The molecule has 17 heavy (non-hydrogen) atoms. The van der Waals surface area contributed by atoms with Gasteiger partial charge in [-0.05, 0) is 47.8 Å². The maximum atomic E-state index is 10.2. The third-order valence-corrected chi connectivity index (χ3v) is 5.83. The molecule has 1 aromatic rings. The predicted octanol–water partition coefficient (Wildman–Crippen LogP) is 4.61. The Bertz CT molecular complexity index is 425. The molecule has 0 bridgehead atoms. The van der Waals surface area contributed by atoms with E-state index in [0.29, 0.717) is 22.4 Å². The molecule has 0 unspecified atom stereocenters. The van der Waals surface area contributed by atoms with Gasteiger partial charge in [0.2, 0.25) is 0 Å². The molecule has 0 amide bonds. The van der Waals surface area contributed by atoms with E-state index in [1.807, 2.05) is 13.0 Å². The first-order valence-corrected chi connectivity index (χ1v) is 7.19. The van der Waals surface area contributed by atoms with E-state index >= 15 is 0 Å². The van der Waals surface area contributed by atoms with Gasteiger partial charge in [0.25, 0.3) is 0 Å². The summed E-state index contributed by atoms with van der Waals surface area (Å²) < 4.78 is 0. The summed E-state index contributed by atoms with van der Waals surface area (Å²) in [4.78, 5) is 0.524. The molecule has 3 atom stereocenters. The highest BCUT2D eigenvalue weighted by Crippen LogP contribution is 2.56. The van der Waals surface area contributed by atoms with Gasteiger partial charge in [-0.1, -0.05) is 48.8 Å². The molecule has 0 aliphatic heterocycles. The molecule has 0 heterocycles. The summed E-state index contributed by atoms with van der Waals surface area (Å²) in [7, 11) is 0. The molecule has 2 heteroatoms. The number of halogens is 1. The zero-order chi connectivity index (χ0) is 12.8. The van der Waals surface area contributed by atoms with Crippen LogP contribution in [-0.2, 0) is 0 Å². The molecule has 1 fully saturated rings. The van der Waals surface area contributed by atoms with Crippen LogP contribution < -0.4 is 0 Å². The molecular formula is C15H21BrO. The molecule has 1 aromatic carbocycles. The molecule has 1 N–H and O–H groups in total. The number of hydrogen-bond donors (Lipinski definition) is 1. The number of alkyl halides is 1. The van der Waals surface area contributed by atoms with Gasteiger partial charge in [0, 0.05) is 4.83 Å². The van der Waals surface area contributed by atoms with Crippen molar-refractivity contribution in [3.8, 4) is 5.75 Å². The largest absolute Gasteiger partial charge is 0.508 e. The highest BCUT2D eigenvalue weighted by molar-refractivity contribution is 9.09. The molecule has 1 aliphatic carbocycles. The van der Waals surface area contributed by atoms with Gasteiger partial charge in [0.15, 0.2) is 0 Å². The Labute approximate surface area is 112 Å². The van der Waals surface area contributed by atoms with Gasteiger partial charge < -0.3 is 5.11 Å². The molecule has 0 radical (unpaired) electrons. The van der Waals surface area contributed by atoms with Crippen LogP contribution in [0.3, 0.4) is 0 Å². The molecule has 1 aliphatic rings. The Balaban J connectivity index is 2.45. The smallest absolute Gasteiger partial charge is 0.119 e. The SMILES string of the molecule is Cc1ccc([C@H]2[C@H](C)C[C@H](Br)C2(C)C)c(O)c1. The van der Waals surface area contributed by atoms with Crippen LogP contribution in [0.5, 0.6) is 5.75 Å². The lowest BCUT2D eigenvalue weighted by Gasteiger charge is -2.32. The standard InChI is InChI=1S/C15H21BrO/c1-9-5-6-11(12(17)7-9)14-10(2)8-13(16)15(14,3)4/h5-7,10,13-14,17H,8H2,1-4H3/t10-,13+,14-/m1/s1. The minimum Gasteiger partial charge on any atom is -0.508 e. The van der Waals surface area contributed by atoms with E-state index in [1.165, 1.54) is 6.42 Å². The zero-order valence-electron chi connectivity index (χ0n) is 11.0. The first-order chi connectivity index (χ1) is 7.84. The van der Waals surface area contributed by atoms with Gasteiger partial charge in [-0.25, -0.2) is 0 Å². The summed E-state index contributed by atoms with van der Waals surface area (Å²) in [6.45, 7) is 8.88. The summed E-state index contributed by atoms with van der Waals surface area (Å²) in [5.74, 6) is 1.48. The van der Waals surface area contributed by atoms with Crippen LogP contribution in [0.1, 0.15) is 44.2 Å². The summed E-state index contributed by atoms with van der Waals surface area (Å²) in [5, 5.41) is 10.2. The molecule has 1 nitrogen and oxygen atoms in total. The van der Waals surface area contributed by atoms with E-state index in [9.17, 15) is 5.11 Å². The lowest BCUT2D eigenvalue weighted by Crippen LogP contribution is -2.25. The lowest BCUT2D eigenvalue weighted by atomic mass is 9.74. The maximum Gasteiger partial charge on any atom is 0.119 e. The average molecular weight is 297 g/mol. The highest BCUT2D eigenvalue weighted by Gasteiger charge is 2.47. The van der Waals surface area contributed by atoms with Crippen molar-refractivity contribution >= 4 is 15.9 Å². The number of aromatic hydroxyl groups is 1. The fourth-order valence-electron chi connectivity index (χ4n) is 3.32. The predicted molar refractivity (Wildman–Crippen MR) is 75.9 cm³/mol. The van der Waals surface area contributed by atoms with Gasteiger partial charge in [-0.15, -0.1) is 0 Å². The molecule has 94 valence electrons. The van der Waals surface area contributed by atoms with Crippen LogP contribution in [0.25, 0.3) is 0 Å². The van der Waals surface area contributed by atoms with Crippen molar-refractivity contribution < 1.29 is 5.11 Å². The number of aryl methyl sites for hydroxylation is 1. The van der Waals surface area contributed by atoms with Crippen LogP contribution in [0, 0.1) is 18.3 Å². The van der Waals surface area contributed by atoms with Crippen LogP contribution in [0.4, 0.5) is 0 Å². The van der Waals surface area contributed by atoms with E-state index in [1.54, 1.807) is 0 Å². The van der Waals surface area contributed by atoms with Gasteiger partial charge in [0.1, 0.15) is 5.75 Å². The normalized spacial score (nSPS) is 31.7. The molecule has 0 aromatic heterocycles. The van der Waals surface area contributed by atoms with Gasteiger partial charge in [0.05, 0.1) is 0 Å². The maximum absolute atomic E-state index is 10.2. The summed E-state index contributed by atoms with van der Waals surface area (Å²) >= 11 is 3.80. The number of phenols is 1. The van der Waals surface area contributed by atoms with Crippen molar-refractivity contribution in [3.63, 3.8) is 0 Å². The number of rotatable bonds is 1. The Morgan fingerprint density at radius 2 is 2.00 bits per heavy atom. The minimum atomic E-state index is 0.187. The lowest BCUT2D eigenvalue weighted by molar-refractivity contribution is 0.306. The summed E-state index contributed by atoms with van der Waals surface area (Å²) in [6.07, 6.45) is 1.17. The van der Waals surface area contributed by atoms with E-state index in [2.05, 4.69) is 48.8 Å². The van der Waals surface area contributed by atoms with E-state index < -0.39 is 0 Å². The van der Waals surface area contributed by atoms with Crippen molar-refractivity contribution in [1.29, 1.82) is 0 Å². The van der Waals surface area contributed by atoms with Crippen LogP contribution in [0.2, 0.25) is 0 Å². The van der Waals surface area contributed by atoms with Crippen molar-refractivity contribution in [2.45, 2.75) is 44.9 Å². The zero-order valence-corrected chi connectivity index (χ0v) is 12.6. The second-order valence-corrected chi connectivity index (χ2v) is 7.15. The highest BCUT2D eigenvalue weighted by atomic mass is 79.9. The third-order valence-electron chi connectivity index (χ3n) is 4.28. The topological polar surface area (TPSA) is 20.2 Å². The average Bonchev–Trinajstić information content (AvgIpc) is 2.39. The first-order valence-electron chi connectivity index (χ1n) is 6.27. The van der Waals surface area contributed by atoms with E-state index in [-0.39, 0.29) is 5.41 Å². The van der Waals surface area contributed by atoms with Gasteiger partial charge >= 0.3 is 0 Å². The van der Waals surface area contributed by atoms with Crippen molar-refractivity contribution in [2.24, 2.45) is 11.3 Å². The van der Waals surface area contributed by atoms with E-state index in [4.69, 9.17) is 0 Å². The van der Waals surface area contributed by atoms with Crippen molar-refractivity contribution in [3.05, 3.63) is 29.3 Å². The van der Waals surface area contributed by atoms with E-state index in [0.717, 1.165) is 11.1 Å². The minimum absolute atomic E-state index is 0.187. The second-order valence-electron chi connectivity index (χ2n) is 6.04. The quantitative estimate of drug-likeness (QED) is 0.750. The Kier molecular flexibility index (Phi) is 3.28. The van der Waals surface area contributed by atoms with Gasteiger partial charge in [-0.3, -0.25) is 0 Å². The Morgan fingerprint density at radius 3 is 2.47 bits per heavy atom. The number of hydrogen-bond acceptors (Lipinski definition) is 1. The fraction of sp³-hybridized carbons (Fsp3) is 0.600. The third kappa shape index (κ3) is 2.12. The molecule has 1 saturated carbocycles. The molecular weight excluding hydrogens is 276 g/mol. The summed E-state index contributed by atoms with van der Waals surface area (Å²) in [5.41, 5.74) is 2.41. The molecule has 2 rings (SSSR count). The monoisotopic (exact) mass is 296 g/mol. The number of phenolic OH excluding ortho intramolecular Hbond substituents is 1. The van der Waals surface area contributed by atoms with Crippen LogP contribution in [0.15, 0.2) is 18.2 Å². The molecule has 0 spiro atoms.